The van der Waals surface area contributed by atoms with Crippen molar-refractivity contribution in [2.45, 2.75) is 38.5 Å². The third kappa shape index (κ3) is 1.71. The lowest BCUT2D eigenvalue weighted by atomic mass is 9.80. The van der Waals surface area contributed by atoms with E-state index in [1.807, 2.05) is 6.07 Å². The van der Waals surface area contributed by atoms with E-state index in [0.717, 1.165) is 18.6 Å². The Balaban J connectivity index is 2.60. The van der Waals surface area contributed by atoms with Gasteiger partial charge in [0.15, 0.2) is 0 Å². The molecule has 0 spiro atoms. The Morgan fingerprint density at radius 1 is 1.31 bits per heavy atom. The third-order valence-electron chi connectivity index (χ3n) is 3.54. The van der Waals surface area contributed by atoms with Gasteiger partial charge in [-0.3, -0.25) is 0 Å². The highest BCUT2D eigenvalue weighted by atomic mass is 16.5. The van der Waals surface area contributed by atoms with Crippen LogP contribution in [0.2, 0.25) is 0 Å². The van der Waals surface area contributed by atoms with E-state index in [-0.39, 0.29) is 12.0 Å². The molecule has 2 rings (SSSR count). The van der Waals surface area contributed by atoms with Gasteiger partial charge in [-0.1, -0.05) is 19.9 Å². The van der Waals surface area contributed by atoms with E-state index < -0.39 is 0 Å². The molecule has 0 unspecified atom stereocenters. The first-order valence-corrected chi connectivity index (χ1v) is 5.90. The summed E-state index contributed by atoms with van der Waals surface area (Å²) in [5, 5.41) is 9.54. The summed E-state index contributed by atoms with van der Waals surface area (Å²) in [7, 11) is 1.70. The first-order chi connectivity index (χ1) is 7.60. The Morgan fingerprint density at radius 2 is 2.06 bits per heavy atom. The maximum atomic E-state index is 9.54. The van der Waals surface area contributed by atoms with Crippen molar-refractivity contribution in [2.24, 2.45) is 0 Å². The summed E-state index contributed by atoms with van der Waals surface area (Å²) < 4.78 is 5.45. The van der Waals surface area contributed by atoms with Crippen molar-refractivity contribution >= 4 is 0 Å². The minimum absolute atomic E-state index is 0.153. The minimum atomic E-state index is -0.221. The lowest BCUT2D eigenvalue weighted by Gasteiger charge is -2.27. The molecule has 0 fully saturated rings. The summed E-state index contributed by atoms with van der Waals surface area (Å²) in [5.74, 6) is 0.916. The average molecular weight is 220 g/mol. The van der Waals surface area contributed by atoms with Crippen LogP contribution in [0.3, 0.4) is 0 Å². The highest BCUT2D eigenvalue weighted by Crippen LogP contribution is 2.39. The summed E-state index contributed by atoms with van der Waals surface area (Å²) in [6.07, 6.45) is 3.50. The van der Waals surface area contributed by atoms with Gasteiger partial charge in [-0.05, 0) is 36.5 Å². The largest absolute Gasteiger partial charge is 0.496 e. The molecule has 1 aromatic carbocycles. The van der Waals surface area contributed by atoms with E-state index in [9.17, 15) is 5.11 Å². The van der Waals surface area contributed by atoms with Gasteiger partial charge in [0.1, 0.15) is 5.75 Å². The van der Waals surface area contributed by atoms with Crippen LogP contribution in [0.15, 0.2) is 12.1 Å². The number of aryl methyl sites for hydroxylation is 1. The van der Waals surface area contributed by atoms with Gasteiger partial charge in [0.05, 0.1) is 13.7 Å². The van der Waals surface area contributed by atoms with Crippen LogP contribution in [0, 0.1) is 0 Å². The van der Waals surface area contributed by atoms with Crippen molar-refractivity contribution in [1.29, 1.82) is 0 Å². The monoisotopic (exact) mass is 220 g/mol. The lowest BCUT2D eigenvalue weighted by Crippen LogP contribution is -2.24. The second-order valence-electron chi connectivity index (χ2n) is 5.18. The molecule has 0 radical (unpaired) electrons. The molecule has 1 aromatic rings. The molecular weight excluding hydrogens is 200 g/mol. The Bertz CT molecular complexity index is 394. The number of rotatable bonds is 3. The van der Waals surface area contributed by atoms with Gasteiger partial charge in [-0.15, -0.1) is 0 Å². The van der Waals surface area contributed by atoms with E-state index in [4.69, 9.17) is 4.74 Å². The zero-order chi connectivity index (χ0) is 11.8. The standard InChI is InChI=1S/C14H20O2/c1-14(2,9-15)13-11-6-4-5-10(11)7-8-12(13)16-3/h7-8,15H,4-6,9H2,1-3H3. The molecule has 0 aromatic heterocycles. The van der Waals surface area contributed by atoms with E-state index in [1.165, 1.54) is 23.1 Å². The minimum Gasteiger partial charge on any atom is -0.496 e. The Labute approximate surface area is 97.3 Å². The fraction of sp³-hybridized carbons (Fsp3) is 0.571. The Kier molecular flexibility index (Phi) is 2.94. The molecule has 0 amide bonds. The first kappa shape index (κ1) is 11.5. The molecule has 0 atom stereocenters. The molecule has 0 saturated heterocycles. The van der Waals surface area contributed by atoms with Gasteiger partial charge in [-0.2, -0.15) is 0 Å². The van der Waals surface area contributed by atoms with Crippen molar-refractivity contribution in [3.63, 3.8) is 0 Å². The molecule has 1 N–H and O–H groups in total. The molecule has 16 heavy (non-hydrogen) atoms. The van der Waals surface area contributed by atoms with E-state index in [1.54, 1.807) is 7.11 Å². The molecular formula is C14H20O2. The van der Waals surface area contributed by atoms with Crippen LogP contribution in [0.25, 0.3) is 0 Å². The van der Waals surface area contributed by atoms with Crippen LogP contribution in [-0.4, -0.2) is 18.8 Å². The fourth-order valence-corrected chi connectivity index (χ4v) is 2.64. The molecule has 0 heterocycles. The summed E-state index contributed by atoms with van der Waals surface area (Å²) in [4.78, 5) is 0. The van der Waals surface area contributed by atoms with Gasteiger partial charge in [0.2, 0.25) is 0 Å². The highest BCUT2D eigenvalue weighted by Gasteiger charge is 2.29. The Hall–Kier alpha value is -1.02. The predicted molar refractivity (Wildman–Crippen MR) is 65.1 cm³/mol. The Morgan fingerprint density at radius 3 is 2.69 bits per heavy atom. The SMILES string of the molecule is COc1ccc2c(c1C(C)(C)CO)CCC2. The molecule has 2 nitrogen and oxygen atoms in total. The number of hydrogen-bond acceptors (Lipinski definition) is 2. The smallest absolute Gasteiger partial charge is 0.122 e. The van der Waals surface area contributed by atoms with Gasteiger partial charge < -0.3 is 9.84 Å². The number of benzene rings is 1. The van der Waals surface area contributed by atoms with Gasteiger partial charge in [0.25, 0.3) is 0 Å². The molecule has 0 aliphatic heterocycles. The molecule has 0 saturated carbocycles. The lowest BCUT2D eigenvalue weighted by molar-refractivity contribution is 0.214. The van der Waals surface area contributed by atoms with Crippen LogP contribution in [0.4, 0.5) is 0 Å². The maximum Gasteiger partial charge on any atom is 0.122 e. The van der Waals surface area contributed by atoms with Crippen molar-refractivity contribution in [3.05, 3.63) is 28.8 Å². The summed E-state index contributed by atoms with van der Waals surface area (Å²) >= 11 is 0. The molecule has 88 valence electrons. The fourth-order valence-electron chi connectivity index (χ4n) is 2.64. The van der Waals surface area contributed by atoms with Crippen molar-refractivity contribution in [1.82, 2.24) is 0 Å². The molecule has 0 bridgehead atoms. The van der Waals surface area contributed by atoms with Crippen LogP contribution >= 0.6 is 0 Å². The zero-order valence-electron chi connectivity index (χ0n) is 10.3. The van der Waals surface area contributed by atoms with E-state index in [2.05, 4.69) is 19.9 Å². The van der Waals surface area contributed by atoms with Crippen LogP contribution in [0.5, 0.6) is 5.75 Å². The average Bonchev–Trinajstić information content (AvgIpc) is 2.75. The van der Waals surface area contributed by atoms with Gasteiger partial charge >= 0.3 is 0 Å². The van der Waals surface area contributed by atoms with Crippen LogP contribution in [0.1, 0.15) is 37.0 Å². The summed E-state index contributed by atoms with van der Waals surface area (Å²) in [6.45, 7) is 4.30. The van der Waals surface area contributed by atoms with Crippen molar-refractivity contribution < 1.29 is 9.84 Å². The number of aliphatic hydroxyl groups excluding tert-OH is 1. The number of aliphatic hydroxyl groups is 1. The first-order valence-electron chi connectivity index (χ1n) is 5.90. The second kappa shape index (κ2) is 4.10. The topological polar surface area (TPSA) is 29.5 Å². The second-order valence-corrected chi connectivity index (χ2v) is 5.18. The predicted octanol–water partition coefficient (Wildman–Crippen LogP) is 2.45. The summed E-state index contributed by atoms with van der Waals surface area (Å²) in [6, 6.07) is 4.20. The van der Waals surface area contributed by atoms with Crippen molar-refractivity contribution in [3.8, 4) is 5.75 Å². The summed E-state index contributed by atoms with van der Waals surface area (Å²) in [5.41, 5.74) is 3.81. The van der Waals surface area contributed by atoms with Crippen LogP contribution < -0.4 is 4.74 Å². The van der Waals surface area contributed by atoms with E-state index >= 15 is 0 Å². The number of methoxy groups -OCH3 is 1. The number of fused-ring (bicyclic) bond motifs is 1. The van der Waals surface area contributed by atoms with E-state index in [0.29, 0.717) is 0 Å². The number of ether oxygens (including phenoxy) is 1. The zero-order valence-corrected chi connectivity index (χ0v) is 10.3. The number of hydrogen-bond donors (Lipinski definition) is 1. The van der Waals surface area contributed by atoms with Crippen molar-refractivity contribution in [2.75, 3.05) is 13.7 Å². The molecule has 1 aliphatic carbocycles. The third-order valence-corrected chi connectivity index (χ3v) is 3.54. The molecule has 1 aliphatic rings. The highest BCUT2D eigenvalue weighted by molar-refractivity contribution is 5.51. The quantitative estimate of drug-likeness (QED) is 0.848. The molecule has 2 heteroatoms. The van der Waals surface area contributed by atoms with Gasteiger partial charge in [-0.25, -0.2) is 0 Å². The van der Waals surface area contributed by atoms with Crippen LogP contribution in [-0.2, 0) is 18.3 Å². The maximum absolute atomic E-state index is 9.54. The van der Waals surface area contributed by atoms with Gasteiger partial charge in [0, 0.05) is 11.0 Å². The normalized spacial score (nSPS) is 15.0.